The van der Waals surface area contributed by atoms with Crippen LogP contribution in [0.15, 0.2) is 41.7 Å². The van der Waals surface area contributed by atoms with E-state index in [2.05, 4.69) is 40.1 Å². The molecule has 8 nitrogen and oxygen atoms in total. The van der Waals surface area contributed by atoms with Gasteiger partial charge in [0.05, 0.1) is 12.9 Å². The van der Waals surface area contributed by atoms with E-state index in [-0.39, 0.29) is 0 Å². The van der Waals surface area contributed by atoms with Crippen LogP contribution in [0.5, 0.6) is 0 Å². The summed E-state index contributed by atoms with van der Waals surface area (Å²) in [6.45, 7) is 12.0. The number of hydrogen-bond acceptors (Lipinski definition) is 7. The molecular formula is C23H39N5O3. The second-order valence-corrected chi connectivity index (χ2v) is 8.12. The number of ether oxygens (including phenoxy) is 1. The lowest BCUT2D eigenvalue weighted by Crippen LogP contribution is -2.47. The van der Waals surface area contributed by atoms with Crippen LogP contribution in [0.4, 0.5) is 0 Å². The lowest BCUT2D eigenvalue weighted by Gasteiger charge is -2.26. The van der Waals surface area contributed by atoms with Crippen molar-refractivity contribution < 1.29 is 14.6 Å². The molecule has 2 aliphatic heterocycles. The van der Waals surface area contributed by atoms with Crippen molar-refractivity contribution in [3.05, 3.63) is 36.7 Å². The third-order valence-electron chi connectivity index (χ3n) is 5.32. The van der Waals surface area contributed by atoms with Crippen LogP contribution in [-0.4, -0.2) is 72.5 Å². The minimum Gasteiger partial charge on any atom is -0.365 e. The van der Waals surface area contributed by atoms with Crippen molar-refractivity contribution in [2.24, 2.45) is 10.9 Å². The van der Waals surface area contributed by atoms with Crippen molar-refractivity contribution >= 4 is 12.2 Å². The first-order valence-electron chi connectivity index (χ1n) is 11.4. The Bertz CT molecular complexity index is 643. The number of aliphatic imine (C=N–C) groups is 1. The van der Waals surface area contributed by atoms with E-state index in [1.165, 1.54) is 24.1 Å². The number of unbranched alkanes of at least 4 members (excludes halogenated alkanes) is 1. The third-order valence-corrected chi connectivity index (χ3v) is 5.32. The van der Waals surface area contributed by atoms with Gasteiger partial charge in [0.1, 0.15) is 0 Å². The SMILES string of the molecule is C=CCC(/C=C/CN1/C=N/C(OCCCC)N/C=C(\C)NC(=O)C1O)CN1CCCC1. The zero-order valence-electron chi connectivity index (χ0n) is 19.0. The Hall–Kier alpha value is -2.16. The van der Waals surface area contributed by atoms with E-state index in [0.29, 0.717) is 24.8 Å². The van der Waals surface area contributed by atoms with E-state index < -0.39 is 18.5 Å². The maximum atomic E-state index is 12.4. The van der Waals surface area contributed by atoms with Crippen LogP contribution in [0.25, 0.3) is 0 Å². The zero-order valence-corrected chi connectivity index (χ0v) is 19.0. The summed E-state index contributed by atoms with van der Waals surface area (Å²) in [6, 6.07) is 0. The molecule has 0 aliphatic carbocycles. The molecule has 0 radical (unpaired) electrons. The van der Waals surface area contributed by atoms with Gasteiger partial charge in [0, 0.05) is 25.0 Å². The summed E-state index contributed by atoms with van der Waals surface area (Å²) in [5, 5.41) is 16.3. The Morgan fingerprint density at radius 3 is 2.90 bits per heavy atom. The van der Waals surface area contributed by atoms with Crippen LogP contribution in [0.1, 0.15) is 46.0 Å². The minimum atomic E-state index is -1.34. The molecule has 174 valence electrons. The van der Waals surface area contributed by atoms with Gasteiger partial charge in [-0.2, -0.15) is 0 Å². The molecule has 0 aromatic heterocycles. The summed E-state index contributed by atoms with van der Waals surface area (Å²) in [7, 11) is 0. The molecule has 1 fully saturated rings. The molecule has 0 saturated carbocycles. The molecule has 31 heavy (non-hydrogen) atoms. The van der Waals surface area contributed by atoms with Crippen molar-refractivity contribution in [3.8, 4) is 0 Å². The summed E-state index contributed by atoms with van der Waals surface area (Å²) in [4.78, 5) is 20.7. The molecule has 2 rings (SSSR count). The molecule has 2 aliphatic rings. The number of carbonyl (C=O) groups is 1. The third kappa shape index (κ3) is 9.25. The summed E-state index contributed by atoms with van der Waals surface area (Å²) < 4.78 is 5.75. The minimum absolute atomic E-state index is 0.357. The van der Waals surface area contributed by atoms with Crippen LogP contribution in [0.2, 0.25) is 0 Å². The molecule has 1 amide bonds. The number of aliphatic hydroxyl groups excluding tert-OH is 1. The molecule has 0 spiro atoms. The van der Waals surface area contributed by atoms with Gasteiger partial charge in [0.15, 0.2) is 0 Å². The summed E-state index contributed by atoms with van der Waals surface area (Å²) in [5.41, 5.74) is 0.581. The molecule has 0 aromatic rings. The fourth-order valence-electron chi connectivity index (χ4n) is 3.57. The summed E-state index contributed by atoms with van der Waals surface area (Å²) >= 11 is 0. The number of carbonyl (C=O) groups excluding carboxylic acids is 1. The molecule has 3 unspecified atom stereocenters. The molecule has 0 aromatic carbocycles. The summed E-state index contributed by atoms with van der Waals surface area (Å²) in [6.07, 6.45) is 12.6. The monoisotopic (exact) mass is 433 g/mol. The molecule has 8 heteroatoms. The van der Waals surface area contributed by atoms with Gasteiger partial charge >= 0.3 is 0 Å². The lowest BCUT2D eigenvalue weighted by molar-refractivity contribution is -0.134. The van der Waals surface area contributed by atoms with E-state index in [1.807, 2.05) is 12.2 Å². The van der Waals surface area contributed by atoms with Crippen molar-refractivity contribution in [1.29, 1.82) is 0 Å². The molecule has 2 heterocycles. The van der Waals surface area contributed by atoms with E-state index >= 15 is 0 Å². The van der Waals surface area contributed by atoms with Crippen LogP contribution in [0, 0.1) is 5.92 Å². The highest BCUT2D eigenvalue weighted by molar-refractivity contribution is 5.83. The van der Waals surface area contributed by atoms with Crippen LogP contribution >= 0.6 is 0 Å². The van der Waals surface area contributed by atoms with E-state index in [0.717, 1.165) is 38.9 Å². The van der Waals surface area contributed by atoms with E-state index in [4.69, 9.17) is 4.74 Å². The van der Waals surface area contributed by atoms with Gasteiger partial charge in [-0.15, -0.1) is 6.58 Å². The Labute approximate surface area is 186 Å². The zero-order chi connectivity index (χ0) is 22.5. The Morgan fingerprint density at radius 1 is 1.42 bits per heavy atom. The van der Waals surface area contributed by atoms with Crippen molar-refractivity contribution in [1.82, 2.24) is 20.4 Å². The average Bonchev–Trinajstić information content (AvgIpc) is 3.26. The van der Waals surface area contributed by atoms with Gasteiger partial charge in [-0.25, -0.2) is 4.99 Å². The lowest BCUT2D eigenvalue weighted by atomic mass is 10.0. The largest absolute Gasteiger partial charge is 0.365 e. The van der Waals surface area contributed by atoms with Gasteiger partial charge in [-0.3, -0.25) is 4.79 Å². The quantitative estimate of drug-likeness (QED) is 0.342. The predicted octanol–water partition coefficient (Wildman–Crippen LogP) is 2.16. The van der Waals surface area contributed by atoms with Gasteiger partial charge in [0.2, 0.25) is 12.6 Å². The smallest absolute Gasteiger partial charge is 0.274 e. The Morgan fingerprint density at radius 2 is 2.19 bits per heavy atom. The summed E-state index contributed by atoms with van der Waals surface area (Å²) in [5.74, 6) is -0.142. The topological polar surface area (TPSA) is 89.4 Å². The maximum Gasteiger partial charge on any atom is 0.274 e. The van der Waals surface area contributed by atoms with Crippen LogP contribution in [-0.2, 0) is 9.53 Å². The second-order valence-electron chi connectivity index (χ2n) is 8.12. The number of allylic oxidation sites excluding steroid dienone is 2. The van der Waals surface area contributed by atoms with Gasteiger partial charge in [-0.05, 0) is 51.6 Å². The highest BCUT2D eigenvalue weighted by atomic mass is 16.5. The number of hydrogen-bond donors (Lipinski definition) is 3. The molecule has 3 N–H and O–H groups in total. The highest BCUT2D eigenvalue weighted by Crippen LogP contribution is 2.14. The van der Waals surface area contributed by atoms with Crippen molar-refractivity contribution in [3.63, 3.8) is 0 Å². The first-order chi connectivity index (χ1) is 15.0. The van der Waals surface area contributed by atoms with E-state index in [9.17, 15) is 9.90 Å². The fraction of sp³-hybridized carbons (Fsp3) is 0.652. The normalized spacial score (nSPS) is 26.7. The number of likely N-dealkylation sites (tertiary alicyclic amines) is 1. The molecular weight excluding hydrogens is 394 g/mol. The van der Waals surface area contributed by atoms with E-state index in [1.54, 1.807) is 13.1 Å². The predicted molar refractivity (Wildman–Crippen MR) is 124 cm³/mol. The molecule has 0 bridgehead atoms. The molecule has 3 atom stereocenters. The average molecular weight is 434 g/mol. The van der Waals surface area contributed by atoms with Gasteiger partial charge in [-0.1, -0.05) is 31.6 Å². The standard InChI is InChI=1S/C23H39N5O3/c1-4-6-15-31-23-24-16-19(3)26-21(29)22(30)28(18-25-23)14-9-11-20(10-5-2)17-27-12-7-8-13-27/h5,9,11,16,18,20,22-24,30H,2,4,6-8,10,12-15,17H2,1,3H3,(H,26,29)/b11-9+,19-16+,25-18+. The van der Waals surface area contributed by atoms with Gasteiger partial charge < -0.3 is 30.3 Å². The van der Waals surface area contributed by atoms with Crippen LogP contribution in [0.3, 0.4) is 0 Å². The Balaban J connectivity index is 2.04. The number of nitrogens with zero attached hydrogens (tertiary/aromatic N) is 3. The molecule has 1 saturated heterocycles. The van der Waals surface area contributed by atoms with Gasteiger partial charge in [0.25, 0.3) is 5.91 Å². The first kappa shape index (κ1) is 25.1. The first-order valence-corrected chi connectivity index (χ1v) is 11.4. The number of rotatable bonds is 11. The number of aliphatic hydroxyl groups is 1. The van der Waals surface area contributed by atoms with Crippen molar-refractivity contribution in [2.45, 2.75) is 58.5 Å². The number of nitrogens with one attached hydrogen (secondary N) is 2. The van der Waals surface area contributed by atoms with Crippen molar-refractivity contribution in [2.75, 3.05) is 32.8 Å². The second kappa shape index (κ2) is 14.0. The number of amides is 1. The highest BCUT2D eigenvalue weighted by Gasteiger charge is 2.22. The maximum absolute atomic E-state index is 12.4. The Kier molecular flexibility index (Phi) is 11.3. The fourth-order valence-corrected chi connectivity index (χ4v) is 3.57. The van der Waals surface area contributed by atoms with Crippen LogP contribution < -0.4 is 10.6 Å².